The number of amides is 1. The number of para-hydroxylation sites is 1. The third-order valence-electron chi connectivity index (χ3n) is 6.10. The van der Waals surface area contributed by atoms with E-state index in [0.717, 1.165) is 11.1 Å². The Labute approximate surface area is 209 Å². The first kappa shape index (κ1) is 23.3. The molecule has 1 amide bonds. The molecule has 0 saturated carbocycles. The molecule has 0 aliphatic carbocycles. The molecule has 8 heteroatoms. The van der Waals surface area contributed by atoms with Crippen LogP contribution in [0.25, 0.3) is 11.4 Å². The van der Waals surface area contributed by atoms with Crippen molar-refractivity contribution < 1.29 is 14.3 Å². The van der Waals surface area contributed by atoms with Crippen molar-refractivity contribution >= 4 is 23.3 Å². The second-order valence-corrected chi connectivity index (χ2v) is 8.42. The van der Waals surface area contributed by atoms with Gasteiger partial charge in [-0.05, 0) is 43.7 Å². The molecule has 2 heterocycles. The van der Waals surface area contributed by atoms with E-state index in [0.29, 0.717) is 41.3 Å². The molecule has 3 aromatic carbocycles. The number of hydrogen-bond donors (Lipinski definition) is 1. The lowest BCUT2D eigenvalue weighted by atomic mass is 9.87. The molecule has 4 aromatic rings. The van der Waals surface area contributed by atoms with Crippen LogP contribution in [0.4, 0.5) is 11.6 Å². The van der Waals surface area contributed by atoms with Gasteiger partial charge < -0.3 is 14.8 Å². The van der Waals surface area contributed by atoms with Crippen LogP contribution in [0.3, 0.4) is 0 Å². The molecule has 5 rings (SSSR count). The van der Waals surface area contributed by atoms with E-state index >= 15 is 0 Å². The number of nitrogens with one attached hydrogen (secondary N) is 1. The van der Waals surface area contributed by atoms with Crippen LogP contribution in [-0.4, -0.2) is 40.1 Å². The molecule has 0 saturated heterocycles. The zero-order valence-corrected chi connectivity index (χ0v) is 20.4. The quantitative estimate of drug-likeness (QED) is 0.387. The standard InChI is InChI=1S/C28H27N5O3/c1-4-36-22-16-15-20(17-23(22)35-3)25-24(27(34)30-21-13-9-6-10-14-21)18(2)29-28-31-26(32-33(25)28)19-11-7-5-8-12-19/h5-17,24-25H,4H2,1-3H3,(H,30,34). The van der Waals surface area contributed by atoms with E-state index in [1.807, 2.05) is 92.7 Å². The highest BCUT2D eigenvalue weighted by molar-refractivity contribution is 6.10. The third-order valence-corrected chi connectivity index (χ3v) is 6.10. The Morgan fingerprint density at radius 1 is 1.00 bits per heavy atom. The molecule has 182 valence electrons. The van der Waals surface area contributed by atoms with Gasteiger partial charge in [-0.3, -0.25) is 4.79 Å². The molecule has 8 nitrogen and oxygen atoms in total. The lowest BCUT2D eigenvalue weighted by Crippen LogP contribution is -2.39. The van der Waals surface area contributed by atoms with Crippen LogP contribution in [-0.2, 0) is 4.79 Å². The molecular formula is C28H27N5O3. The number of aliphatic imine (C=N–C) groups is 1. The van der Waals surface area contributed by atoms with Gasteiger partial charge in [-0.25, -0.2) is 9.67 Å². The summed E-state index contributed by atoms with van der Waals surface area (Å²) in [6.45, 7) is 4.29. The average molecular weight is 482 g/mol. The maximum atomic E-state index is 13.7. The molecule has 0 radical (unpaired) electrons. The van der Waals surface area contributed by atoms with Gasteiger partial charge in [0.15, 0.2) is 17.3 Å². The number of carbonyl (C=O) groups excluding carboxylic acids is 1. The molecule has 2 unspecified atom stereocenters. The highest BCUT2D eigenvalue weighted by Gasteiger charge is 2.39. The summed E-state index contributed by atoms with van der Waals surface area (Å²) in [5, 5.41) is 7.85. The zero-order valence-electron chi connectivity index (χ0n) is 20.4. The molecular weight excluding hydrogens is 454 g/mol. The minimum atomic E-state index is -0.620. The van der Waals surface area contributed by atoms with E-state index < -0.39 is 12.0 Å². The molecule has 0 spiro atoms. The first-order valence-corrected chi connectivity index (χ1v) is 11.8. The van der Waals surface area contributed by atoms with E-state index in [4.69, 9.17) is 24.5 Å². The first-order chi connectivity index (χ1) is 17.6. The van der Waals surface area contributed by atoms with Gasteiger partial charge in [-0.15, -0.1) is 5.10 Å². The van der Waals surface area contributed by atoms with Crippen molar-refractivity contribution in [2.75, 3.05) is 19.0 Å². The predicted molar refractivity (Wildman–Crippen MR) is 139 cm³/mol. The number of benzene rings is 3. The number of rotatable bonds is 7. The summed E-state index contributed by atoms with van der Waals surface area (Å²) in [6.07, 6.45) is 0. The van der Waals surface area contributed by atoms with Crippen LogP contribution >= 0.6 is 0 Å². The Hall–Kier alpha value is -4.46. The molecule has 1 N–H and O–H groups in total. The smallest absolute Gasteiger partial charge is 0.248 e. The minimum Gasteiger partial charge on any atom is -0.493 e. The van der Waals surface area contributed by atoms with E-state index in [2.05, 4.69) is 5.32 Å². The first-order valence-electron chi connectivity index (χ1n) is 11.8. The summed E-state index contributed by atoms with van der Waals surface area (Å²) < 4.78 is 13.1. The number of methoxy groups -OCH3 is 1. The highest BCUT2D eigenvalue weighted by atomic mass is 16.5. The van der Waals surface area contributed by atoms with Gasteiger partial charge in [-0.2, -0.15) is 4.98 Å². The molecule has 1 aliphatic rings. The van der Waals surface area contributed by atoms with E-state index in [9.17, 15) is 4.79 Å². The highest BCUT2D eigenvalue weighted by Crippen LogP contribution is 2.40. The van der Waals surface area contributed by atoms with Crippen LogP contribution in [0.5, 0.6) is 11.5 Å². The summed E-state index contributed by atoms with van der Waals surface area (Å²) in [6, 6.07) is 24.3. The fourth-order valence-corrected chi connectivity index (χ4v) is 4.44. The topological polar surface area (TPSA) is 90.6 Å². The number of hydrogen-bond acceptors (Lipinski definition) is 6. The van der Waals surface area contributed by atoms with Crippen LogP contribution in [0.1, 0.15) is 25.5 Å². The van der Waals surface area contributed by atoms with Crippen LogP contribution in [0.15, 0.2) is 83.9 Å². The Balaban J connectivity index is 1.62. The number of fused-ring (bicyclic) bond motifs is 1. The van der Waals surface area contributed by atoms with Gasteiger partial charge in [0.25, 0.3) is 0 Å². The number of nitrogens with zero attached hydrogens (tertiary/aromatic N) is 4. The van der Waals surface area contributed by atoms with Gasteiger partial charge in [-0.1, -0.05) is 54.6 Å². The monoisotopic (exact) mass is 481 g/mol. The Morgan fingerprint density at radius 3 is 2.42 bits per heavy atom. The number of anilines is 1. The maximum Gasteiger partial charge on any atom is 0.248 e. The van der Waals surface area contributed by atoms with Crippen molar-refractivity contribution in [1.29, 1.82) is 0 Å². The summed E-state index contributed by atoms with van der Waals surface area (Å²) >= 11 is 0. The largest absolute Gasteiger partial charge is 0.493 e. The number of aromatic nitrogens is 3. The third kappa shape index (κ3) is 4.45. The molecule has 36 heavy (non-hydrogen) atoms. The molecule has 1 aliphatic heterocycles. The van der Waals surface area contributed by atoms with Crippen molar-refractivity contribution in [3.8, 4) is 22.9 Å². The van der Waals surface area contributed by atoms with Gasteiger partial charge in [0.05, 0.1) is 19.8 Å². The fraction of sp³-hybridized carbons (Fsp3) is 0.214. The summed E-state index contributed by atoms with van der Waals surface area (Å²) in [5.41, 5.74) is 3.08. The Kier molecular flexibility index (Phi) is 6.49. The normalized spacial score (nSPS) is 16.6. The number of ether oxygens (including phenoxy) is 2. The summed E-state index contributed by atoms with van der Waals surface area (Å²) in [7, 11) is 1.60. The van der Waals surface area contributed by atoms with Gasteiger partial charge >= 0.3 is 0 Å². The van der Waals surface area contributed by atoms with Crippen molar-refractivity contribution in [2.45, 2.75) is 19.9 Å². The van der Waals surface area contributed by atoms with Crippen LogP contribution < -0.4 is 14.8 Å². The SMILES string of the molecule is CCOc1ccc(C2C(C(=O)Nc3ccccc3)C(C)=Nc3nc(-c4ccccc4)nn32)cc1OC. The Bertz CT molecular complexity index is 1400. The van der Waals surface area contributed by atoms with Gasteiger partial charge in [0, 0.05) is 17.0 Å². The summed E-state index contributed by atoms with van der Waals surface area (Å²) in [4.78, 5) is 23.0. The van der Waals surface area contributed by atoms with Crippen molar-refractivity contribution in [2.24, 2.45) is 10.9 Å². The van der Waals surface area contributed by atoms with Crippen molar-refractivity contribution in [3.05, 3.63) is 84.4 Å². The maximum absolute atomic E-state index is 13.7. The molecule has 0 fully saturated rings. The summed E-state index contributed by atoms with van der Waals surface area (Å²) in [5.74, 6) is 1.43. The van der Waals surface area contributed by atoms with Crippen LogP contribution in [0.2, 0.25) is 0 Å². The van der Waals surface area contributed by atoms with Gasteiger partial charge in [0.2, 0.25) is 11.9 Å². The molecule has 2 atom stereocenters. The second-order valence-electron chi connectivity index (χ2n) is 8.42. The van der Waals surface area contributed by atoms with E-state index in [1.165, 1.54) is 0 Å². The second kappa shape index (κ2) is 10.0. The lowest BCUT2D eigenvalue weighted by molar-refractivity contribution is -0.118. The van der Waals surface area contributed by atoms with Crippen molar-refractivity contribution in [1.82, 2.24) is 14.8 Å². The zero-order chi connectivity index (χ0) is 25.1. The molecule has 0 bridgehead atoms. The average Bonchev–Trinajstić information content (AvgIpc) is 3.33. The lowest BCUT2D eigenvalue weighted by Gasteiger charge is -2.30. The molecule has 1 aromatic heterocycles. The van der Waals surface area contributed by atoms with Crippen LogP contribution in [0, 0.1) is 5.92 Å². The Morgan fingerprint density at radius 2 is 1.72 bits per heavy atom. The van der Waals surface area contributed by atoms with E-state index in [1.54, 1.807) is 11.8 Å². The minimum absolute atomic E-state index is 0.178. The predicted octanol–water partition coefficient (Wildman–Crippen LogP) is 5.30. The van der Waals surface area contributed by atoms with Crippen molar-refractivity contribution in [3.63, 3.8) is 0 Å². The van der Waals surface area contributed by atoms with E-state index in [-0.39, 0.29) is 5.91 Å². The number of carbonyl (C=O) groups is 1. The van der Waals surface area contributed by atoms with Gasteiger partial charge in [0.1, 0.15) is 5.92 Å². The fourth-order valence-electron chi connectivity index (χ4n) is 4.44.